The molecule has 5 heteroatoms. The predicted octanol–water partition coefficient (Wildman–Crippen LogP) is 3.89. The normalized spacial score (nSPS) is 12.9. The van der Waals surface area contributed by atoms with Gasteiger partial charge in [0, 0.05) is 4.91 Å². The minimum absolute atomic E-state index is 0.122. The van der Waals surface area contributed by atoms with Crippen LogP contribution >= 0.6 is 0 Å². The number of azide groups is 1. The third-order valence-corrected chi connectivity index (χ3v) is 2.97. The molecule has 0 fully saturated rings. The molecule has 0 heterocycles. The quantitative estimate of drug-likeness (QED) is 0.330. The van der Waals surface area contributed by atoms with Gasteiger partial charge >= 0.3 is 0 Å². The molecular weight excluding hydrogens is 218 g/mol. The second-order valence-corrected chi connectivity index (χ2v) is 9.00. The molecule has 0 N–H and O–H groups in total. The van der Waals surface area contributed by atoms with Crippen LogP contribution in [-0.4, -0.2) is 14.9 Å². The molecule has 1 rings (SSSR count). The highest BCUT2D eigenvalue weighted by Gasteiger charge is 2.21. The van der Waals surface area contributed by atoms with Crippen molar-refractivity contribution in [3.8, 4) is 0 Å². The van der Waals surface area contributed by atoms with Crippen molar-refractivity contribution in [1.82, 2.24) is 0 Å². The monoisotopic (exact) mass is 235 g/mol. The molecule has 0 aliphatic carbocycles. The Labute approximate surface area is 97.0 Å². The number of benzene rings is 1. The molecule has 1 atom stereocenters. The number of rotatable bonds is 5. The standard InChI is InChI=1S/C11H17N3OSi/c1-16(2,3)15-11(9-13-14-12)10-7-5-4-6-8-10/h4-8,11H,9H2,1-3H3/t11-/m0/s1. The number of hydrogen-bond acceptors (Lipinski definition) is 2. The lowest BCUT2D eigenvalue weighted by Crippen LogP contribution is -2.29. The van der Waals surface area contributed by atoms with Crippen LogP contribution in [0.3, 0.4) is 0 Å². The average Bonchev–Trinajstić information content (AvgIpc) is 2.24. The molecule has 0 aromatic heterocycles. The molecule has 0 bridgehead atoms. The van der Waals surface area contributed by atoms with Crippen LogP contribution in [0.5, 0.6) is 0 Å². The molecule has 1 aromatic carbocycles. The van der Waals surface area contributed by atoms with E-state index in [1.54, 1.807) is 0 Å². The third kappa shape index (κ3) is 4.48. The van der Waals surface area contributed by atoms with Gasteiger partial charge < -0.3 is 4.43 Å². The lowest BCUT2D eigenvalue weighted by Gasteiger charge is -2.25. The first-order valence-corrected chi connectivity index (χ1v) is 8.67. The molecule has 4 nitrogen and oxygen atoms in total. The van der Waals surface area contributed by atoms with Crippen LogP contribution in [0.2, 0.25) is 19.6 Å². The van der Waals surface area contributed by atoms with Gasteiger partial charge in [0.2, 0.25) is 0 Å². The van der Waals surface area contributed by atoms with Gasteiger partial charge in [0.15, 0.2) is 8.32 Å². The summed E-state index contributed by atoms with van der Waals surface area (Å²) in [7, 11) is -1.64. The van der Waals surface area contributed by atoms with E-state index in [0.29, 0.717) is 6.54 Å². The molecule has 0 unspecified atom stereocenters. The Bertz CT molecular complexity index is 369. The molecule has 0 aliphatic heterocycles. The van der Waals surface area contributed by atoms with E-state index in [9.17, 15) is 0 Å². The fourth-order valence-electron chi connectivity index (χ4n) is 1.42. The molecule has 0 radical (unpaired) electrons. The van der Waals surface area contributed by atoms with Gasteiger partial charge in [0.05, 0.1) is 12.6 Å². The summed E-state index contributed by atoms with van der Waals surface area (Å²) in [5, 5.41) is 3.61. The zero-order valence-corrected chi connectivity index (χ0v) is 10.9. The zero-order chi connectivity index (χ0) is 12.0. The summed E-state index contributed by atoms with van der Waals surface area (Å²) < 4.78 is 6.00. The van der Waals surface area contributed by atoms with Crippen LogP contribution in [-0.2, 0) is 4.43 Å². The molecule has 0 saturated carbocycles. The van der Waals surface area contributed by atoms with Crippen LogP contribution in [0.15, 0.2) is 35.4 Å². The van der Waals surface area contributed by atoms with Crippen molar-refractivity contribution in [2.75, 3.05) is 6.54 Å². The van der Waals surface area contributed by atoms with Crippen molar-refractivity contribution in [3.63, 3.8) is 0 Å². The largest absolute Gasteiger partial charge is 0.411 e. The van der Waals surface area contributed by atoms with Gasteiger partial charge in [-0.3, -0.25) is 0 Å². The number of nitrogens with zero attached hydrogens (tertiary/aromatic N) is 3. The van der Waals surface area contributed by atoms with Crippen LogP contribution in [0.4, 0.5) is 0 Å². The van der Waals surface area contributed by atoms with E-state index in [0.717, 1.165) is 5.56 Å². The number of hydrogen-bond donors (Lipinski definition) is 0. The third-order valence-electron chi connectivity index (χ3n) is 1.98. The molecule has 0 amide bonds. The fraction of sp³-hybridized carbons (Fsp3) is 0.455. The summed E-state index contributed by atoms with van der Waals surface area (Å²) in [4.78, 5) is 2.79. The van der Waals surface area contributed by atoms with Crippen molar-refractivity contribution in [3.05, 3.63) is 46.3 Å². The maximum Gasteiger partial charge on any atom is 0.184 e. The van der Waals surface area contributed by atoms with E-state index in [4.69, 9.17) is 9.96 Å². The van der Waals surface area contributed by atoms with Gasteiger partial charge in [-0.15, -0.1) is 0 Å². The SMILES string of the molecule is C[Si](C)(C)O[C@@H](CN=[N+]=[N-])c1ccccc1. The molecule has 0 saturated heterocycles. The van der Waals surface area contributed by atoms with Crippen molar-refractivity contribution in [1.29, 1.82) is 0 Å². The predicted molar refractivity (Wildman–Crippen MR) is 67.6 cm³/mol. The average molecular weight is 235 g/mol. The topological polar surface area (TPSA) is 58.0 Å². The first kappa shape index (κ1) is 12.8. The van der Waals surface area contributed by atoms with E-state index in [2.05, 4.69) is 29.7 Å². The van der Waals surface area contributed by atoms with Crippen molar-refractivity contribution < 1.29 is 4.43 Å². The minimum Gasteiger partial charge on any atom is -0.411 e. The Morgan fingerprint density at radius 2 is 1.94 bits per heavy atom. The molecule has 0 aliphatic rings. The van der Waals surface area contributed by atoms with Crippen LogP contribution in [0.1, 0.15) is 11.7 Å². The summed E-state index contributed by atoms with van der Waals surface area (Å²) in [5.74, 6) is 0. The Morgan fingerprint density at radius 1 is 1.31 bits per heavy atom. The highest BCUT2D eigenvalue weighted by molar-refractivity contribution is 6.69. The Hall–Kier alpha value is -1.29. The maximum absolute atomic E-state index is 8.37. The molecule has 16 heavy (non-hydrogen) atoms. The van der Waals surface area contributed by atoms with Gasteiger partial charge in [-0.25, -0.2) is 0 Å². The van der Waals surface area contributed by atoms with Crippen molar-refractivity contribution >= 4 is 8.32 Å². The minimum atomic E-state index is -1.64. The smallest absolute Gasteiger partial charge is 0.184 e. The van der Waals surface area contributed by atoms with Crippen molar-refractivity contribution in [2.45, 2.75) is 25.7 Å². The lowest BCUT2D eigenvalue weighted by atomic mass is 10.1. The second-order valence-electron chi connectivity index (χ2n) is 4.54. The Kier molecular flexibility index (Phi) is 4.55. The first-order chi connectivity index (χ1) is 7.53. The fourth-order valence-corrected chi connectivity index (χ4v) is 2.48. The van der Waals surface area contributed by atoms with E-state index in [1.165, 1.54) is 0 Å². The van der Waals surface area contributed by atoms with Gasteiger partial charge in [-0.2, -0.15) is 0 Å². The van der Waals surface area contributed by atoms with Crippen LogP contribution in [0.25, 0.3) is 10.4 Å². The van der Waals surface area contributed by atoms with Crippen molar-refractivity contribution in [2.24, 2.45) is 5.11 Å². The second kappa shape index (κ2) is 5.70. The van der Waals surface area contributed by atoms with Gasteiger partial charge in [0.1, 0.15) is 0 Å². The van der Waals surface area contributed by atoms with Crippen LogP contribution in [0, 0.1) is 0 Å². The Morgan fingerprint density at radius 3 is 2.44 bits per heavy atom. The highest BCUT2D eigenvalue weighted by Crippen LogP contribution is 2.22. The molecular formula is C11H17N3OSi. The van der Waals surface area contributed by atoms with E-state index >= 15 is 0 Å². The highest BCUT2D eigenvalue weighted by atomic mass is 28.4. The first-order valence-electron chi connectivity index (χ1n) is 5.26. The summed E-state index contributed by atoms with van der Waals surface area (Å²) in [6, 6.07) is 9.88. The zero-order valence-electron chi connectivity index (χ0n) is 9.92. The maximum atomic E-state index is 8.37. The van der Waals surface area contributed by atoms with Crippen LogP contribution < -0.4 is 0 Å². The van der Waals surface area contributed by atoms with Gasteiger partial charge in [-0.05, 0) is 30.7 Å². The summed E-state index contributed by atoms with van der Waals surface area (Å²) >= 11 is 0. The lowest BCUT2D eigenvalue weighted by molar-refractivity contribution is 0.206. The molecule has 86 valence electrons. The summed E-state index contributed by atoms with van der Waals surface area (Å²) in [6.07, 6.45) is -0.122. The van der Waals surface area contributed by atoms with Gasteiger partial charge in [-0.1, -0.05) is 35.4 Å². The molecule has 0 spiro atoms. The van der Waals surface area contributed by atoms with Gasteiger partial charge in [0.25, 0.3) is 0 Å². The van der Waals surface area contributed by atoms with E-state index < -0.39 is 8.32 Å². The van der Waals surface area contributed by atoms with E-state index in [-0.39, 0.29) is 6.10 Å². The molecule has 1 aromatic rings. The van der Waals surface area contributed by atoms with E-state index in [1.807, 2.05) is 30.3 Å². The summed E-state index contributed by atoms with van der Waals surface area (Å²) in [6.45, 7) is 6.72. The Balaban J connectivity index is 2.83. The summed E-state index contributed by atoms with van der Waals surface area (Å²) in [5.41, 5.74) is 9.44.